The van der Waals surface area contributed by atoms with Crippen molar-refractivity contribution in [1.29, 1.82) is 0 Å². The maximum atomic E-state index is 14.0. The average molecular weight is 253 g/mol. The number of methoxy groups -OCH3 is 1. The number of benzene rings is 1. The molecule has 0 bridgehead atoms. The van der Waals surface area contributed by atoms with Crippen molar-refractivity contribution in [2.24, 2.45) is 5.92 Å². The summed E-state index contributed by atoms with van der Waals surface area (Å²) in [4.78, 5) is 10.2. The van der Waals surface area contributed by atoms with Gasteiger partial charge in [0.2, 0.25) is 6.41 Å². The number of hydrogen-bond donors (Lipinski definition) is 1. The number of carbonyl (C=O) groups excluding carboxylic acids is 1. The molecule has 100 valence electrons. The molecule has 1 aromatic carbocycles. The van der Waals surface area contributed by atoms with Crippen LogP contribution in [0.25, 0.3) is 0 Å². The molecule has 0 atom stereocenters. The van der Waals surface area contributed by atoms with Gasteiger partial charge in [-0.25, -0.2) is 4.39 Å². The fourth-order valence-electron chi connectivity index (χ4n) is 1.87. The lowest BCUT2D eigenvalue weighted by atomic mass is 9.99. The summed E-state index contributed by atoms with van der Waals surface area (Å²) in [5.74, 6) is 0.727. The summed E-state index contributed by atoms with van der Waals surface area (Å²) < 4.78 is 19.2. The summed E-state index contributed by atoms with van der Waals surface area (Å²) in [5, 5.41) is 2.56. The molecule has 0 heterocycles. The molecule has 4 heteroatoms. The van der Waals surface area contributed by atoms with E-state index in [9.17, 15) is 9.18 Å². The van der Waals surface area contributed by atoms with Crippen molar-refractivity contribution >= 4 is 6.41 Å². The van der Waals surface area contributed by atoms with Crippen LogP contribution in [0.2, 0.25) is 0 Å². The summed E-state index contributed by atoms with van der Waals surface area (Å²) in [6.45, 7) is 4.58. The minimum atomic E-state index is -0.232. The summed E-state index contributed by atoms with van der Waals surface area (Å²) in [7, 11) is 1.55. The lowest BCUT2D eigenvalue weighted by molar-refractivity contribution is -0.109. The highest BCUT2D eigenvalue weighted by Gasteiger charge is 2.13. The monoisotopic (exact) mass is 253 g/mol. The minimum Gasteiger partial charge on any atom is -0.496 e. The van der Waals surface area contributed by atoms with Crippen LogP contribution in [0.5, 0.6) is 5.75 Å². The quantitative estimate of drug-likeness (QED) is 0.598. The molecule has 0 aromatic heterocycles. The van der Waals surface area contributed by atoms with E-state index in [0.29, 0.717) is 43.0 Å². The highest BCUT2D eigenvalue weighted by molar-refractivity contribution is 5.46. The standard InChI is InChI=1S/C14H20FNO2/c1-10(2)6-12-13(15)7-11(4-5-16-9-17)8-14(12)18-3/h7-10H,4-6H2,1-3H3,(H,16,17). The van der Waals surface area contributed by atoms with E-state index in [2.05, 4.69) is 5.32 Å². The van der Waals surface area contributed by atoms with Crippen LogP contribution in [0.3, 0.4) is 0 Å². The molecule has 1 rings (SSSR count). The first kappa shape index (κ1) is 14.5. The number of hydrogen-bond acceptors (Lipinski definition) is 2. The van der Waals surface area contributed by atoms with Gasteiger partial charge in [0.1, 0.15) is 11.6 Å². The molecule has 1 aromatic rings. The molecule has 18 heavy (non-hydrogen) atoms. The molecule has 0 aliphatic rings. The summed E-state index contributed by atoms with van der Waals surface area (Å²) in [5.41, 5.74) is 1.45. The van der Waals surface area contributed by atoms with Crippen molar-refractivity contribution in [3.63, 3.8) is 0 Å². The van der Waals surface area contributed by atoms with Crippen molar-refractivity contribution in [3.8, 4) is 5.75 Å². The van der Waals surface area contributed by atoms with Crippen molar-refractivity contribution in [1.82, 2.24) is 5.32 Å². The van der Waals surface area contributed by atoms with Gasteiger partial charge >= 0.3 is 0 Å². The van der Waals surface area contributed by atoms with Gasteiger partial charge in [0, 0.05) is 12.1 Å². The van der Waals surface area contributed by atoms with Crippen molar-refractivity contribution in [2.75, 3.05) is 13.7 Å². The van der Waals surface area contributed by atoms with E-state index in [1.165, 1.54) is 6.07 Å². The molecule has 1 amide bonds. The number of amides is 1. The van der Waals surface area contributed by atoms with Crippen LogP contribution in [-0.4, -0.2) is 20.1 Å². The highest BCUT2D eigenvalue weighted by atomic mass is 19.1. The van der Waals surface area contributed by atoms with Gasteiger partial charge < -0.3 is 10.1 Å². The van der Waals surface area contributed by atoms with Crippen LogP contribution in [-0.2, 0) is 17.6 Å². The van der Waals surface area contributed by atoms with Crippen LogP contribution in [0.4, 0.5) is 4.39 Å². The lowest BCUT2D eigenvalue weighted by Crippen LogP contribution is -2.14. The normalized spacial score (nSPS) is 10.5. The molecular weight excluding hydrogens is 233 g/mol. The second-order valence-electron chi connectivity index (χ2n) is 4.68. The van der Waals surface area contributed by atoms with E-state index >= 15 is 0 Å². The van der Waals surface area contributed by atoms with Gasteiger partial charge in [-0.15, -0.1) is 0 Å². The Balaban J connectivity index is 2.91. The first-order valence-electron chi connectivity index (χ1n) is 6.10. The molecule has 0 spiro atoms. The number of rotatable bonds is 7. The first-order valence-corrected chi connectivity index (χ1v) is 6.10. The Morgan fingerprint density at radius 2 is 2.17 bits per heavy atom. The largest absolute Gasteiger partial charge is 0.496 e. The summed E-state index contributed by atoms with van der Waals surface area (Å²) in [6, 6.07) is 3.36. The van der Waals surface area contributed by atoms with E-state index < -0.39 is 0 Å². The molecular formula is C14H20FNO2. The maximum Gasteiger partial charge on any atom is 0.207 e. The van der Waals surface area contributed by atoms with Gasteiger partial charge in [0.05, 0.1) is 7.11 Å². The highest BCUT2D eigenvalue weighted by Crippen LogP contribution is 2.26. The predicted octanol–water partition coefficient (Wildman–Crippen LogP) is 2.32. The third kappa shape index (κ3) is 4.02. The molecule has 3 nitrogen and oxygen atoms in total. The van der Waals surface area contributed by atoms with Crippen molar-refractivity contribution < 1.29 is 13.9 Å². The summed E-state index contributed by atoms with van der Waals surface area (Å²) in [6.07, 6.45) is 1.89. The van der Waals surface area contributed by atoms with Crippen molar-refractivity contribution in [2.45, 2.75) is 26.7 Å². The van der Waals surface area contributed by atoms with E-state index in [4.69, 9.17) is 4.74 Å². The molecule has 0 saturated heterocycles. The third-order valence-corrected chi connectivity index (χ3v) is 2.69. The Hall–Kier alpha value is -1.58. The summed E-state index contributed by atoms with van der Waals surface area (Å²) >= 11 is 0. The second kappa shape index (κ2) is 6.99. The van der Waals surface area contributed by atoms with Crippen LogP contribution < -0.4 is 10.1 Å². The number of carbonyl (C=O) groups is 1. The van der Waals surface area contributed by atoms with Gasteiger partial charge in [0.25, 0.3) is 0 Å². The lowest BCUT2D eigenvalue weighted by Gasteiger charge is -2.13. The van der Waals surface area contributed by atoms with Gasteiger partial charge in [-0.1, -0.05) is 13.8 Å². The average Bonchev–Trinajstić information content (AvgIpc) is 2.32. The van der Waals surface area contributed by atoms with E-state index in [1.807, 2.05) is 19.9 Å². The first-order chi connectivity index (χ1) is 8.58. The molecule has 0 saturated carbocycles. The van der Waals surface area contributed by atoms with Crippen LogP contribution >= 0.6 is 0 Å². The predicted molar refractivity (Wildman–Crippen MR) is 69.3 cm³/mol. The molecule has 0 aliphatic carbocycles. The third-order valence-electron chi connectivity index (χ3n) is 2.69. The fraction of sp³-hybridized carbons (Fsp3) is 0.500. The topological polar surface area (TPSA) is 38.3 Å². The fourth-order valence-corrected chi connectivity index (χ4v) is 1.87. The molecule has 1 N–H and O–H groups in total. The Morgan fingerprint density at radius 3 is 2.72 bits per heavy atom. The Kier molecular flexibility index (Phi) is 5.62. The van der Waals surface area contributed by atoms with E-state index in [0.717, 1.165) is 5.56 Å². The molecule has 0 fully saturated rings. The molecule has 0 aliphatic heterocycles. The van der Waals surface area contributed by atoms with Gasteiger partial charge in [-0.3, -0.25) is 4.79 Å². The smallest absolute Gasteiger partial charge is 0.207 e. The van der Waals surface area contributed by atoms with Crippen LogP contribution in [0, 0.1) is 11.7 Å². The number of nitrogens with one attached hydrogen (secondary N) is 1. The van der Waals surface area contributed by atoms with Gasteiger partial charge in [-0.05, 0) is 36.5 Å². The zero-order chi connectivity index (χ0) is 13.5. The van der Waals surface area contributed by atoms with Gasteiger partial charge in [-0.2, -0.15) is 0 Å². The molecule has 0 unspecified atom stereocenters. The van der Waals surface area contributed by atoms with Gasteiger partial charge in [0.15, 0.2) is 0 Å². The Bertz CT molecular complexity index is 405. The second-order valence-corrected chi connectivity index (χ2v) is 4.68. The SMILES string of the molecule is COc1cc(CCNC=O)cc(F)c1CC(C)C. The number of ether oxygens (including phenoxy) is 1. The zero-order valence-electron chi connectivity index (χ0n) is 11.1. The van der Waals surface area contributed by atoms with E-state index in [-0.39, 0.29) is 5.82 Å². The Labute approximate surface area is 107 Å². The zero-order valence-corrected chi connectivity index (χ0v) is 11.1. The van der Waals surface area contributed by atoms with Crippen LogP contribution in [0.15, 0.2) is 12.1 Å². The Morgan fingerprint density at radius 1 is 1.44 bits per heavy atom. The minimum absolute atomic E-state index is 0.232. The maximum absolute atomic E-state index is 14.0. The number of halogens is 1. The van der Waals surface area contributed by atoms with Crippen molar-refractivity contribution in [3.05, 3.63) is 29.1 Å². The van der Waals surface area contributed by atoms with E-state index in [1.54, 1.807) is 7.11 Å². The molecule has 0 radical (unpaired) electrons. The van der Waals surface area contributed by atoms with Crippen LogP contribution in [0.1, 0.15) is 25.0 Å².